The van der Waals surface area contributed by atoms with E-state index in [4.69, 9.17) is 9.47 Å². The average Bonchev–Trinajstić information content (AvgIpc) is 3.34. The highest BCUT2D eigenvalue weighted by molar-refractivity contribution is 5.90. The number of ether oxygens (including phenoxy) is 2. The molecule has 186 valence electrons. The first-order valence-corrected chi connectivity index (χ1v) is 11.3. The lowest BCUT2D eigenvalue weighted by Gasteiger charge is -2.30. The third kappa shape index (κ3) is 5.95. The summed E-state index contributed by atoms with van der Waals surface area (Å²) in [5.74, 6) is -2.09. The Hall–Kier alpha value is -3.37. The number of carboxylic acid groups (broad SMARTS) is 1. The molecule has 3 amide bonds. The molecule has 0 bridgehead atoms. The first kappa shape index (κ1) is 25.3. The first-order valence-electron chi connectivity index (χ1n) is 11.3. The van der Waals surface area contributed by atoms with Crippen LogP contribution in [0.1, 0.15) is 52.2 Å². The molecule has 3 rings (SSSR count). The Bertz CT molecular complexity index is 934. The van der Waals surface area contributed by atoms with Crippen molar-refractivity contribution in [3.8, 4) is 0 Å². The van der Waals surface area contributed by atoms with Gasteiger partial charge in [0.25, 0.3) is 0 Å². The number of hydrogen-bond donors (Lipinski definition) is 2. The van der Waals surface area contributed by atoms with Gasteiger partial charge in [0, 0.05) is 25.4 Å². The SMILES string of the molecule is CC(C)[C@H](NC(=O)OC(C)(C)C)C(=O)N1C[C@H](OC(=O)N2Cc3ccncc3C2)C[C@H]1C(=O)O. The quantitative estimate of drug-likeness (QED) is 0.659. The molecule has 3 atom stereocenters. The zero-order chi connectivity index (χ0) is 25.2. The number of nitrogens with one attached hydrogen (secondary N) is 1. The van der Waals surface area contributed by atoms with Crippen molar-refractivity contribution < 1.29 is 33.8 Å². The van der Waals surface area contributed by atoms with E-state index in [2.05, 4.69) is 10.3 Å². The number of nitrogens with zero attached hydrogens (tertiary/aromatic N) is 3. The molecule has 2 aliphatic rings. The molecular formula is C23H32N4O7. The van der Waals surface area contributed by atoms with Gasteiger partial charge in [-0.1, -0.05) is 13.8 Å². The molecule has 1 aromatic rings. The van der Waals surface area contributed by atoms with Gasteiger partial charge in [0.15, 0.2) is 0 Å². The van der Waals surface area contributed by atoms with Crippen LogP contribution in [0.4, 0.5) is 9.59 Å². The minimum absolute atomic E-state index is 0.0353. The van der Waals surface area contributed by atoms with E-state index in [0.717, 1.165) is 16.0 Å². The monoisotopic (exact) mass is 476 g/mol. The lowest BCUT2D eigenvalue weighted by molar-refractivity contribution is -0.149. The summed E-state index contributed by atoms with van der Waals surface area (Å²) in [6.07, 6.45) is 1.19. The van der Waals surface area contributed by atoms with Crippen molar-refractivity contribution in [1.82, 2.24) is 20.1 Å². The van der Waals surface area contributed by atoms with Gasteiger partial charge in [-0.3, -0.25) is 14.7 Å². The van der Waals surface area contributed by atoms with Crippen molar-refractivity contribution in [2.24, 2.45) is 5.92 Å². The standard InChI is InChI=1S/C23H32N4O7/c1-13(2)18(25-21(31)34-23(3,4)5)19(28)27-12-16(8-17(27)20(29)30)33-22(32)26-10-14-6-7-24-9-15(14)11-26/h6-7,9,13,16-18H,8,10-12H2,1-5H3,(H,25,31)(H,29,30)/t16-,17+,18+/m1/s1. The fourth-order valence-corrected chi connectivity index (χ4v) is 4.05. The highest BCUT2D eigenvalue weighted by Crippen LogP contribution is 2.26. The zero-order valence-corrected chi connectivity index (χ0v) is 20.1. The maximum Gasteiger partial charge on any atom is 0.410 e. The number of amides is 3. The van der Waals surface area contributed by atoms with Crippen molar-refractivity contribution in [2.75, 3.05) is 6.54 Å². The molecule has 0 unspecified atom stereocenters. The van der Waals surface area contributed by atoms with Crippen LogP contribution in [-0.4, -0.2) is 74.3 Å². The number of alkyl carbamates (subject to hydrolysis) is 1. The molecule has 11 nitrogen and oxygen atoms in total. The van der Waals surface area contributed by atoms with Gasteiger partial charge >= 0.3 is 18.2 Å². The third-order valence-electron chi connectivity index (χ3n) is 5.69. The summed E-state index contributed by atoms with van der Waals surface area (Å²) in [5, 5.41) is 12.3. The summed E-state index contributed by atoms with van der Waals surface area (Å²) in [7, 11) is 0. The van der Waals surface area contributed by atoms with Gasteiger partial charge in [0.2, 0.25) is 5.91 Å². The Kier molecular flexibility index (Phi) is 7.32. The van der Waals surface area contributed by atoms with Gasteiger partial charge in [0.1, 0.15) is 23.8 Å². The maximum absolute atomic E-state index is 13.3. The fraction of sp³-hybridized carbons (Fsp3) is 0.609. The molecule has 0 aliphatic carbocycles. The molecule has 34 heavy (non-hydrogen) atoms. The molecule has 0 spiro atoms. The number of fused-ring (bicyclic) bond motifs is 1. The Balaban J connectivity index is 1.66. The zero-order valence-electron chi connectivity index (χ0n) is 20.1. The van der Waals surface area contributed by atoms with E-state index in [1.165, 1.54) is 4.90 Å². The van der Waals surface area contributed by atoms with Crippen molar-refractivity contribution in [1.29, 1.82) is 0 Å². The van der Waals surface area contributed by atoms with Gasteiger partial charge in [-0.05, 0) is 43.9 Å². The van der Waals surface area contributed by atoms with Crippen LogP contribution < -0.4 is 5.32 Å². The molecule has 1 saturated heterocycles. The van der Waals surface area contributed by atoms with Gasteiger partial charge in [-0.25, -0.2) is 14.4 Å². The highest BCUT2D eigenvalue weighted by Gasteiger charge is 2.45. The van der Waals surface area contributed by atoms with Crippen LogP contribution in [0.3, 0.4) is 0 Å². The number of carbonyl (C=O) groups excluding carboxylic acids is 3. The van der Waals surface area contributed by atoms with E-state index in [1.807, 2.05) is 6.07 Å². The Labute approximate surface area is 198 Å². The van der Waals surface area contributed by atoms with Gasteiger partial charge in [-0.2, -0.15) is 0 Å². The van der Waals surface area contributed by atoms with Crippen molar-refractivity contribution >= 4 is 24.1 Å². The van der Waals surface area contributed by atoms with Crippen LogP contribution in [0, 0.1) is 5.92 Å². The van der Waals surface area contributed by atoms with Crippen LogP contribution in [-0.2, 0) is 32.2 Å². The second-order valence-electron chi connectivity index (χ2n) is 9.95. The van der Waals surface area contributed by atoms with E-state index < -0.39 is 47.9 Å². The summed E-state index contributed by atoms with van der Waals surface area (Å²) >= 11 is 0. The topological polar surface area (TPSA) is 138 Å². The number of hydrogen-bond acceptors (Lipinski definition) is 7. The normalized spacial score (nSPS) is 20.6. The number of pyridine rings is 1. The highest BCUT2D eigenvalue weighted by atomic mass is 16.6. The number of rotatable bonds is 5. The lowest BCUT2D eigenvalue weighted by Crippen LogP contribution is -2.54. The van der Waals surface area contributed by atoms with E-state index in [-0.39, 0.29) is 18.9 Å². The first-order chi connectivity index (χ1) is 15.9. The van der Waals surface area contributed by atoms with E-state index in [9.17, 15) is 24.3 Å². The summed E-state index contributed by atoms with van der Waals surface area (Å²) in [5.41, 5.74) is 1.15. The Morgan fingerprint density at radius 2 is 1.85 bits per heavy atom. The molecule has 2 N–H and O–H groups in total. The van der Waals surface area contributed by atoms with Crippen LogP contribution in [0.15, 0.2) is 18.5 Å². The maximum atomic E-state index is 13.3. The van der Waals surface area contributed by atoms with Gasteiger partial charge in [-0.15, -0.1) is 0 Å². The average molecular weight is 477 g/mol. The number of aromatic nitrogens is 1. The van der Waals surface area contributed by atoms with E-state index >= 15 is 0 Å². The molecule has 3 heterocycles. The lowest BCUT2D eigenvalue weighted by atomic mass is 10.0. The third-order valence-corrected chi connectivity index (χ3v) is 5.69. The number of likely N-dealkylation sites (tertiary alicyclic amines) is 1. The summed E-state index contributed by atoms with van der Waals surface area (Å²) in [6.45, 7) is 9.24. The molecular weight excluding hydrogens is 444 g/mol. The van der Waals surface area contributed by atoms with Crippen molar-refractivity contribution in [3.63, 3.8) is 0 Å². The molecule has 0 saturated carbocycles. The van der Waals surface area contributed by atoms with Crippen LogP contribution >= 0.6 is 0 Å². The molecule has 1 aromatic heterocycles. The predicted octanol–water partition coefficient (Wildman–Crippen LogP) is 2.14. The molecule has 2 aliphatic heterocycles. The molecule has 0 aromatic carbocycles. The molecule has 1 fully saturated rings. The largest absolute Gasteiger partial charge is 0.480 e. The second kappa shape index (κ2) is 9.86. The minimum Gasteiger partial charge on any atom is -0.480 e. The van der Waals surface area contributed by atoms with Crippen LogP contribution in [0.25, 0.3) is 0 Å². The Morgan fingerprint density at radius 3 is 2.44 bits per heavy atom. The molecule has 0 radical (unpaired) electrons. The van der Waals surface area contributed by atoms with Crippen LogP contribution in [0.2, 0.25) is 0 Å². The summed E-state index contributed by atoms with van der Waals surface area (Å²) in [4.78, 5) is 56.8. The minimum atomic E-state index is -1.20. The van der Waals surface area contributed by atoms with E-state index in [0.29, 0.717) is 13.1 Å². The smallest absolute Gasteiger partial charge is 0.410 e. The summed E-state index contributed by atoms with van der Waals surface area (Å²) < 4.78 is 10.8. The fourth-order valence-electron chi connectivity index (χ4n) is 4.05. The van der Waals surface area contributed by atoms with Crippen LogP contribution in [0.5, 0.6) is 0 Å². The van der Waals surface area contributed by atoms with Crippen molar-refractivity contribution in [2.45, 2.75) is 77.9 Å². The number of carbonyl (C=O) groups is 4. The van der Waals surface area contributed by atoms with Crippen molar-refractivity contribution in [3.05, 3.63) is 29.6 Å². The molecule has 11 heteroatoms. The van der Waals surface area contributed by atoms with E-state index in [1.54, 1.807) is 47.0 Å². The second-order valence-corrected chi connectivity index (χ2v) is 9.95. The Morgan fingerprint density at radius 1 is 1.18 bits per heavy atom. The number of aliphatic carboxylic acids is 1. The summed E-state index contributed by atoms with van der Waals surface area (Å²) in [6, 6.07) is -0.332. The van der Waals surface area contributed by atoms with Gasteiger partial charge < -0.3 is 24.8 Å². The predicted molar refractivity (Wildman–Crippen MR) is 120 cm³/mol. The number of carboxylic acids is 1. The van der Waals surface area contributed by atoms with Gasteiger partial charge in [0.05, 0.1) is 13.1 Å².